The van der Waals surface area contributed by atoms with Crippen molar-refractivity contribution in [2.45, 2.75) is 24.0 Å². The molecule has 0 aliphatic rings. The molecule has 1 unspecified atom stereocenters. The molecule has 0 aliphatic heterocycles. The number of amides is 1. The molecule has 1 atom stereocenters. The molecule has 0 saturated heterocycles. The molecule has 82 valence electrons. The van der Waals surface area contributed by atoms with E-state index in [4.69, 9.17) is 5.84 Å². The minimum atomic E-state index is -0.169. The van der Waals surface area contributed by atoms with Gasteiger partial charge in [0.25, 0.3) is 0 Å². The fourth-order valence-electron chi connectivity index (χ4n) is 1.14. The van der Waals surface area contributed by atoms with Gasteiger partial charge in [-0.05, 0) is 18.1 Å². The van der Waals surface area contributed by atoms with Crippen molar-refractivity contribution in [2.24, 2.45) is 11.8 Å². The van der Waals surface area contributed by atoms with Gasteiger partial charge in [-0.1, -0.05) is 13.8 Å². The zero-order valence-electron chi connectivity index (χ0n) is 8.81. The van der Waals surface area contributed by atoms with E-state index in [-0.39, 0.29) is 17.1 Å². The number of thioether (sulfide) groups is 1. The Kier molecular flexibility index (Phi) is 4.58. The van der Waals surface area contributed by atoms with Gasteiger partial charge in [0.2, 0.25) is 5.91 Å². The van der Waals surface area contributed by atoms with Gasteiger partial charge < -0.3 is 0 Å². The molecular weight excluding hydrogens is 210 g/mol. The highest BCUT2D eigenvalue weighted by Gasteiger charge is 2.22. The number of aromatic nitrogens is 1. The highest BCUT2D eigenvalue weighted by atomic mass is 32.2. The zero-order chi connectivity index (χ0) is 11.3. The molecule has 5 heteroatoms. The number of rotatable bonds is 4. The highest BCUT2D eigenvalue weighted by molar-refractivity contribution is 8.00. The number of carbonyl (C=O) groups excluding carboxylic acids is 1. The van der Waals surface area contributed by atoms with Gasteiger partial charge in [-0.2, -0.15) is 0 Å². The molecule has 1 rings (SSSR count). The van der Waals surface area contributed by atoms with Crippen molar-refractivity contribution >= 4 is 17.7 Å². The van der Waals surface area contributed by atoms with E-state index >= 15 is 0 Å². The fraction of sp³-hybridized carbons (Fsp3) is 0.400. The largest absolute Gasteiger partial charge is 0.293 e. The Balaban J connectivity index is 2.72. The second-order valence-corrected chi connectivity index (χ2v) is 4.69. The average molecular weight is 225 g/mol. The van der Waals surface area contributed by atoms with Crippen molar-refractivity contribution in [3.8, 4) is 0 Å². The highest BCUT2D eigenvalue weighted by Crippen LogP contribution is 2.27. The summed E-state index contributed by atoms with van der Waals surface area (Å²) in [6, 6.07) is 3.76. The van der Waals surface area contributed by atoms with E-state index in [0.717, 1.165) is 4.90 Å². The van der Waals surface area contributed by atoms with E-state index in [0.29, 0.717) is 0 Å². The molecule has 0 bridgehead atoms. The van der Waals surface area contributed by atoms with Crippen LogP contribution in [0, 0.1) is 5.92 Å². The maximum atomic E-state index is 11.5. The molecule has 4 nitrogen and oxygen atoms in total. The van der Waals surface area contributed by atoms with Crippen LogP contribution >= 0.6 is 11.8 Å². The molecule has 0 radical (unpaired) electrons. The van der Waals surface area contributed by atoms with Crippen LogP contribution in [0.3, 0.4) is 0 Å². The number of nitrogens with one attached hydrogen (secondary N) is 1. The Morgan fingerprint density at radius 2 is 2.07 bits per heavy atom. The third kappa shape index (κ3) is 3.53. The zero-order valence-corrected chi connectivity index (χ0v) is 9.62. The molecule has 1 amide bonds. The van der Waals surface area contributed by atoms with Crippen molar-refractivity contribution in [2.75, 3.05) is 0 Å². The summed E-state index contributed by atoms with van der Waals surface area (Å²) in [4.78, 5) is 16.4. The van der Waals surface area contributed by atoms with Crippen molar-refractivity contribution in [3.63, 3.8) is 0 Å². The van der Waals surface area contributed by atoms with E-state index in [1.54, 1.807) is 12.4 Å². The van der Waals surface area contributed by atoms with Crippen LogP contribution in [0.2, 0.25) is 0 Å². The maximum absolute atomic E-state index is 11.5. The predicted octanol–water partition coefficient (Wildman–Crippen LogP) is 1.19. The van der Waals surface area contributed by atoms with E-state index in [1.807, 2.05) is 26.0 Å². The van der Waals surface area contributed by atoms with Gasteiger partial charge in [-0.3, -0.25) is 15.2 Å². The summed E-state index contributed by atoms with van der Waals surface area (Å²) < 4.78 is 0. The number of hydrazine groups is 1. The van der Waals surface area contributed by atoms with Crippen LogP contribution < -0.4 is 11.3 Å². The predicted molar refractivity (Wildman–Crippen MR) is 61.1 cm³/mol. The molecule has 0 aliphatic carbocycles. The fourth-order valence-corrected chi connectivity index (χ4v) is 2.16. The van der Waals surface area contributed by atoms with E-state index in [1.165, 1.54) is 11.8 Å². The van der Waals surface area contributed by atoms with Crippen molar-refractivity contribution in [1.82, 2.24) is 10.4 Å². The molecule has 0 aromatic carbocycles. The number of carbonyl (C=O) groups is 1. The van der Waals surface area contributed by atoms with E-state index in [9.17, 15) is 4.79 Å². The SMILES string of the molecule is CC(C)C(Sc1ccncc1)C(=O)NN. The third-order valence-electron chi connectivity index (χ3n) is 1.92. The lowest BCUT2D eigenvalue weighted by molar-refractivity contribution is -0.121. The lowest BCUT2D eigenvalue weighted by Crippen LogP contribution is -2.39. The lowest BCUT2D eigenvalue weighted by atomic mass is 10.1. The second-order valence-electron chi connectivity index (χ2n) is 3.47. The average Bonchev–Trinajstić information content (AvgIpc) is 2.26. The van der Waals surface area contributed by atoms with Crippen LogP contribution in [-0.2, 0) is 4.79 Å². The summed E-state index contributed by atoms with van der Waals surface area (Å²) in [6.45, 7) is 3.99. The first-order valence-electron chi connectivity index (χ1n) is 4.72. The number of nitrogens with zero attached hydrogens (tertiary/aromatic N) is 1. The molecule has 0 spiro atoms. The summed E-state index contributed by atoms with van der Waals surface area (Å²) >= 11 is 1.50. The monoisotopic (exact) mass is 225 g/mol. The number of hydrogen-bond acceptors (Lipinski definition) is 4. The normalized spacial score (nSPS) is 12.5. The first kappa shape index (κ1) is 12.0. The smallest absolute Gasteiger partial charge is 0.247 e. The van der Waals surface area contributed by atoms with Gasteiger partial charge in [0, 0.05) is 17.3 Å². The van der Waals surface area contributed by atoms with Crippen LogP contribution in [0.25, 0.3) is 0 Å². The van der Waals surface area contributed by atoms with Crippen molar-refractivity contribution < 1.29 is 4.79 Å². The molecule has 15 heavy (non-hydrogen) atoms. The van der Waals surface area contributed by atoms with Crippen LogP contribution in [0.1, 0.15) is 13.8 Å². The van der Waals surface area contributed by atoms with Gasteiger partial charge >= 0.3 is 0 Å². The second kappa shape index (κ2) is 5.72. The van der Waals surface area contributed by atoms with Gasteiger partial charge in [0.15, 0.2) is 0 Å². The molecule has 1 heterocycles. The van der Waals surface area contributed by atoms with Gasteiger partial charge in [-0.15, -0.1) is 11.8 Å². The molecule has 0 saturated carbocycles. The summed E-state index contributed by atoms with van der Waals surface area (Å²) in [7, 11) is 0. The standard InChI is InChI=1S/C10H15N3OS/c1-7(2)9(10(14)13-11)15-8-3-5-12-6-4-8/h3-7,9H,11H2,1-2H3,(H,13,14). The molecular formula is C10H15N3OS. The molecule has 3 N–H and O–H groups in total. The van der Waals surface area contributed by atoms with E-state index < -0.39 is 0 Å². The minimum absolute atomic E-state index is 0.146. The third-order valence-corrected chi connectivity index (χ3v) is 3.48. The molecule has 1 aromatic rings. The Hall–Kier alpha value is -1.07. The van der Waals surface area contributed by atoms with Crippen molar-refractivity contribution in [1.29, 1.82) is 0 Å². The topological polar surface area (TPSA) is 68.0 Å². The van der Waals surface area contributed by atoms with Crippen LogP contribution in [0.4, 0.5) is 0 Å². The quantitative estimate of drug-likeness (QED) is 0.349. The van der Waals surface area contributed by atoms with Crippen LogP contribution in [0.5, 0.6) is 0 Å². The van der Waals surface area contributed by atoms with Gasteiger partial charge in [0.05, 0.1) is 5.25 Å². The number of hydrogen-bond donors (Lipinski definition) is 2. The summed E-state index contributed by atoms with van der Waals surface area (Å²) in [6.07, 6.45) is 3.42. The number of pyridine rings is 1. The molecule has 0 fully saturated rings. The first-order chi connectivity index (χ1) is 7.15. The Morgan fingerprint density at radius 3 is 2.53 bits per heavy atom. The number of nitrogens with two attached hydrogens (primary N) is 1. The Bertz CT molecular complexity index is 316. The van der Waals surface area contributed by atoms with Crippen LogP contribution in [-0.4, -0.2) is 16.1 Å². The summed E-state index contributed by atoms with van der Waals surface area (Å²) in [5, 5.41) is -0.169. The summed E-state index contributed by atoms with van der Waals surface area (Å²) in [5.41, 5.74) is 2.19. The maximum Gasteiger partial charge on any atom is 0.247 e. The first-order valence-corrected chi connectivity index (χ1v) is 5.60. The minimum Gasteiger partial charge on any atom is -0.293 e. The summed E-state index contributed by atoms with van der Waals surface area (Å²) in [5.74, 6) is 5.22. The van der Waals surface area contributed by atoms with Gasteiger partial charge in [-0.25, -0.2) is 5.84 Å². The van der Waals surface area contributed by atoms with E-state index in [2.05, 4.69) is 10.4 Å². The Labute approximate surface area is 93.6 Å². The van der Waals surface area contributed by atoms with Crippen LogP contribution in [0.15, 0.2) is 29.4 Å². The lowest BCUT2D eigenvalue weighted by Gasteiger charge is -2.18. The molecule has 1 aromatic heterocycles. The Morgan fingerprint density at radius 1 is 1.47 bits per heavy atom. The van der Waals surface area contributed by atoms with Crippen molar-refractivity contribution in [3.05, 3.63) is 24.5 Å². The van der Waals surface area contributed by atoms with Gasteiger partial charge in [0.1, 0.15) is 0 Å².